The molecule has 34 heavy (non-hydrogen) atoms. The van der Waals surface area contributed by atoms with Gasteiger partial charge in [0.2, 0.25) is 5.91 Å². The predicted octanol–water partition coefficient (Wildman–Crippen LogP) is 3.17. The van der Waals surface area contributed by atoms with Crippen molar-refractivity contribution in [2.24, 2.45) is 0 Å². The fraction of sp³-hybridized carbons (Fsp3) is 0.208. The normalized spacial score (nSPS) is 12.6. The number of amides is 1. The number of hydrogen-bond donors (Lipinski definition) is 1. The summed E-state index contributed by atoms with van der Waals surface area (Å²) in [7, 11) is -5.91. The summed E-state index contributed by atoms with van der Waals surface area (Å²) in [5.41, 5.74) is 0.961. The summed E-state index contributed by atoms with van der Waals surface area (Å²) in [6, 6.07) is 20.0. The molecule has 0 fully saturated rings. The van der Waals surface area contributed by atoms with E-state index >= 15 is 0 Å². The molecule has 3 aromatic rings. The van der Waals surface area contributed by atoms with Gasteiger partial charge in [-0.3, -0.25) is 9.10 Å². The maximum atomic E-state index is 13.4. The molecule has 0 aliphatic rings. The highest BCUT2D eigenvalue weighted by Crippen LogP contribution is 2.27. The Labute approximate surface area is 200 Å². The molecule has 10 heteroatoms. The van der Waals surface area contributed by atoms with Crippen LogP contribution in [-0.2, 0) is 24.7 Å². The molecule has 8 nitrogen and oxygen atoms in total. The quantitative estimate of drug-likeness (QED) is 0.481. The zero-order valence-electron chi connectivity index (χ0n) is 19.0. The van der Waals surface area contributed by atoms with Crippen molar-refractivity contribution < 1.29 is 26.4 Å². The van der Waals surface area contributed by atoms with Gasteiger partial charge in [0.1, 0.15) is 12.3 Å². The molecule has 0 bridgehead atoms. The largest absolute Gasteiger partial charge is 0.497 e. The van der Waals surface area contributed by atoms with E-state index in [9.17, 15) is 21.6 Å². The average molecular weight is 503 g/mol. The summed E-state index contributed by atoms with van der Waals surface area (Å²) < 4.78 is 56.4. The van der Waals surface area contributed by atoms with Crippen LogP contribution in [0, 0.1) is 0 Å². The number of nitrogens with one attached hydrogen (secondary N) is 1. The molecule has 0 aliphatic carbocycles. The zero-order chi connectivity index (χ0) is 24.9. The van der Waals surface area contributed by atoms with Crippen LogP contribution in [0.2, 0.25) is 0 Å². The van der Waals surface area contributed by atoms with Gasteiger partial charge in [-0.15, -0.1) is 0 Å². The number of rotatable bonds is 9. The minimum Gasteiger partial charge on any atom is -0.497 e. The molecule has 0 heterocycles. The lowest BCUT2D eigenvalue weighted by Crippen LogP contribution is -2.41. The van der Waals surface area contributed by atoms with Gasteiger partial charge in [-0.2, -0.15) is 0 Å². The lowest BCUT2D eigenvalue weighted by Gasteiger charge is -2.25. The minimum absolute atomic E-state index is 0.0510. The van der Waals surface area contributed by atoms with Crippen LogP contribution in [0.15, 0.2) is 88.7 Å². The van der Waals surface area contributed by atoms with Crippen LogP contribution < -0.4 is 14.4 Å². The molecule has 1 N–H and O–H groups in total. The van der Waals surface area contributed by atoms with Gasteiger partial charge in [-0.05, 0) is 48.9 Å². The van der Waals surface area contributed by atoms with Crippen molar-refractivity contribution >= 4 is 31.5 Å². The van der Waals surface area contributed by atoms with Crippen LogP contribution in [0.25, 0.3) is 0 Å². The molecule has 0 saturated carbocycles. The van der Waals surface area contributed by atoms with Crippen LogP contribution >= 0.6 is 0 Å². The number of sulfone groups is 1. The molecule has 0 saturated heterocycles. The number of ether oxygens (including phenoxy) is 1. The van der Waals surface area contributed by atoms with Gasteiger partial charge in [-0.1, -0.05) is 36.4 Å². The van der Waals surface area contributed by atoms with E-state index in [1.165, 1.54) is 31.4 Å². The van der Waals surface area contributed by atoms with E-state index in [4.69, 9.17) is 4.74 Å². The van der Waals surface area contributed by atoms with Gasteiger partial charge in [0.05, 0.1) is 28.6 Å². The number of carbonyl (C=O) groups is 1. The van der Waals surface area contributed by atoms with Crippen molar-refractivity contribution in [3.05, 3.63) is 84.4 Å². The highest BCUT2D eigenvalue weighted by molar-refractivity contribution is 7.93. The fourth-order valence-corrected chi connectivity index (χ4v) is 5.37. The van der Waals surface area contributed by atoms with E-state index < -0.39 is 38.4 Å². The number of carbonyl (C=O) groups excluding carboxylic acids is 1. The second kappa shape index (κ2) is 10.3. The molecule has 0 radical (unpaired) electrons. The Kier molecular flexibility index (Phi) is 7.63. The second-order valence-electron chi connectivity index (χ2n) is 7.66. The number of hydrogen-bond acceptors (Lipinski definition) is 6. The van der Waals surface area contributed by atoms with Crippen LogP contribution in [-0.4, -0.2) is 42.7 Å². The molecule has 0 unspecified atom stereocenters. The second-order valence-corrected chi connectivity index (χ2v) is 11.5. The summed E-state index contributed by atoms with van der Waals surface area (Å²) in [6.45, 7) is 1.27. The van der Waals surface area contributed by atoms with Gasteiger partial charge in [0.25, 0.3) is 10.0 Å². The van der Waals surface area contributed by atoms with E-state index in [2.05, 4.69) is 5.32 Å². The van der Waals surface area contributed by atoms with Gasteiger partial charge in [0.15, 0.2) is 9.84 Å². The highest BCUT2D eigenvalue weighted by Gasteiger charge is 2.28. The number of methoxy groups -OCH3 is 1. The zero-order valence-corrected chi connectivity index (χ0v) is 20.6. The minimum atomic E-state index is -4.05. The lowest BCUT2D eigenvalue weighted by atomic mass is 10.1. The van der Waals surface area contributed by atoms with Gasteiger partial charge in [-0.25, -0.2) is 16.8 Å². The third-order valence-corrected chi connectivity index (χ3v) is 8.06. The average Bonchev–Trinajstić information content (AvgIpc) is 2.82. The smallest absolute Gasteiger partial charge is 0.264 e. The SMILES string of the molecule is COc1cccc(N(CC(=O)N[C@@H](C)c2ccc(S(C)(=O)=O)cc2)S(=O)(=O)c2ccccc2)c1. The third-order valence-electron chi connectivity index (χ3n) is 5.15. The molecule has 1 amide bonds. The van der Waals surface area contributed by atoms with Gasteiger partial charge >= 0.3 is 0 Å². The first-order valence-corrected chi connectivity index (χ1v) is 13.7. The van der Waals surface area contributed by atoms with E-state index in [0.717, 1.165) is 10.6 Å². The van der Waals surface area contributed by atoms with Crippen LogP contribution in [0.5, 0.6) is 5.75 Å². The van der Waals surface area contributed by atoms with Crippen LogP contribution in [0.1, 0.15) is 18.5 Å². The predicted molar refractivity (Wildman–Crippen MR) is 130 cm³/mol. The van der Waals surface area contributed by atoms with E-state index in [1.54, 1.807) is 61.5 Å². The lowest BCUT2D eigenvalue weighted by molar-refractivity contribution is -0.120. The van der Waals surface area contributed by atoms with E-state index in [0.29, 0.717) is 11.3 Å². The first kappa shape index (κ1) is 25.3. The van der Waals surface area contributed by atoms with Crippen LogP contribution in [0.3, 0.4) is 0 Å². The molecule has 1 atom stereocenters. The summed E-state index contributed by atoms with van der Waals surface area (Å²) in [6.07, 6.45) is 1.12. The molecular formula is C24H26N2O6S2. The number of sulfonamides is 1. The fourth-order valence-electron chi connectivity index (χ4n) is 3.30. The number of benzene rings is 3. The van der Waals surface area contributed by atoms with Crippen molar-refractivity contribution in [1.29, 1.82) is 0 Å². The third kappa shape index (κ3) is 5.95. The molecule has 180 valence electrons. The van der Waals surface area contributed by atoms with Crippen LogP contribution in [0.4, 0.5) is 5.69 Å². The highest BCUT2D eigenvalue weighted by atomic mass is 32.2. The first-order chi connectivity index (χ1) is 16.0. The Hall–Kier alpha value is -3.37. The van der Waals surface area contributed by atoms with Crippen molar-refractivity contribution in [1.82, 2.24) is 5.32 Å². The Balaban J connectivity index is 1.86. The van der Waals surface area contributed by atoms with Gasteiger partial charge in [0, 0.05) is 12.3 Å². The standard InChI is InChI=1S/C24H26N2O6S2/c1-18(19-12-14-22(15-13-19)33(3,28)29)25-24(27)17-26(20-8-7-9-21(16-20)32-2)34(30,31)23-10-5-4-6-11-23/h4-16,18H,17H2,1-3H3,(H,25,27)/t18-/m0/s1. The summed E-state index contributed by atoms with van der Waals surface area (Å²) >= 11 is 0. The maximum absolute atomic E-state index is 13.4. The molecule has 0 aromatic heterocycles. The molecule has 0 spiro atoms. The van der Waals surface area contributed by atoms with Crippen molar-refractivity contribution in [2.45, 2.75) is 22.8 Å². The van der Waals surface area contributed by atoms with Crippen molar-refractivity contribution in [2.75, 3.05) is 24.2 Å². The molecule has 3 rings (SSSR count). The van der Waals surface area contributed by atoms with Crippen molar-refractivity contribution in [3.8, 4) is 5.75 Å². The Morgan fingerprint density at radius 1 is 0.912 bits per heavy atom. The summed E-state index contributed by atoms with van der Waals surface area (Å²) in [4.78, 5) is 13.1. The monoisotopic (exact) mass is 502 g/mol. The van der Waals surface area contributed by atoms with Crippen molar-refractivity contribution in [3.63, 3.8) is 0 Å². The van der Waals surface area contributed by atoms with Gasteiger partial charge < -0.3 is 10.1 Å². The summed E-state index contributed by atoms with van der Waals surface area (Å²) in [5, 5.41) is 2.78. The Morgan fingerprint density at radius 2 is 1.56 bits per heavy atom. The first-order valence-electron chi connectivity index (χ1n) is 10.3. The topological polar surface area (TPSA) is 110 Å². The Bertz CT molecular complexity index is 1360. The Morgan fingerprint density at radius 3 is 2.15 bits per heavy atom. The number of nitrogens with zero attached hydrogens (tertiary/aromatic N) is 1. The molecule has 3 aromatic carbocycles. The maximum Gasteiger partial charge on any atom is 0.264 e. The summed E-state index contributed by atoms with van der Waals surface area (Å²) in [5.74, 6) is -0.0764. The molecular weight excluding hydrogens is 476 g/mol. The number of anilines is 1. The van der Waals surface area contributed by atoms with E-state index in [1.807, 2.05) is 0 Å². The molecule has 0 aliphatic heterocycles. The van der Waals surface area contributed by atoms with E-state index in [-0.39, 0.29) is 15.5 Å².